The fourth-order valence-electron chi connectivity index (χ4n) is 2.53. The first kappa shape index (κ1) is 12.5. The van der Waals surface area contributed by atoms with Gasteiger partial charge < -0.3 is 23.7 Å². The van der Waals surface area contributed by atoms with E-state index in [-0.39, 0.29) is 5.78 Å². The molecule has 0 aromatic carbocycles. The number of rotatable bonds is 1. The van der Waals surface area contributed by atoms with Crippen molar-refractivity contribution in [2.24, 2.45) is 0 Å². The third-order valence-corrected chi connectivity index (χ3v) is 3.27. The molecule has 3 aliphatic heterocycles. The van der Waals surface area contributed by atoms with Gasteiger partial charge in [-0.15, -0.1) is 0 Å². The molecule has 6 heteroatoms. The number of Topliss-reactive ketones (excluding diaryl/α,β-unsaturated/α-hetero) is 1. The lowest BCUT2D eigenvalue weighted by Gasteiger charge is -2.23. The lowest BCUT2D eigenvalue weighted by molar-refractivity contribution is -0.219. The molecule has 0 aliphatic carbocycles. The first-order valence-electron chi connectivity index (χ1n) is 6.14. The topological polar surface area (TPSA) is 63.2 Å². The molecule has 18 heavy (non-hydrogen) atoms. The van der Waals surface area contributed by atoms with Crippen LogP contribution in [0, 0.1) is 0 Å². The summed E-state index contributed by atoms with van der Waals surface area (Å²) in [5.74, 6) is -1.58. The molecule has 0 aromatic heterocycles. The van der Waals surface area contributed by atoms with Crippen molar-refractivity contribution < 1.29 is 28.5 Å². The average molecular weight is 258 g/mol. The van der Waals surface area contributed by atoms with Gasteiger partial charge in [-0.05, 0) is 27.7 Å². The van der Waals surface area contributed by atoms with Gasteiger partial charge in [-0.2, -0.15) is 0 Å². The van der Waals surface area contributed by atoms with Crippen LogP contribution in [0.15, 0.2) is 0 Å². The van der Waals surface area contributed by atoms with Gasteiger partial charge in [-0.25, -0.2) is 0 Å². The first-order valence-corrected chi connectivity index (χ1v) is 6.14. The van der Waals surface area contributed by atoms with Gasteiger partial charge in [0.1, 0.15) is 6.10 Å². The number of carbonyl (C=O) groups excluding carboxylic acids is 1. The molecule has 4 atom stereocenters. The molecular formula is C12H18O6. The molecule has 102 valence electrons. The number of ketones is 1. The van der Waals surface area contributed by atoms with E-state index in [1.54, 1.807) is 13.8 Å². The Morgan fingerprint density at radius 1 is 1.00 bits per heavy atom. The van der Waals surface area contributed by atoms with Crippen molar-refractivity contribution in [2.45, 2.75) is 63.9 Å². The average Bonchev–Trinajstić information content (AvgIpc) is 2.81. The summed E-state index contributed by atoms with van der Waals surface area (Å²) in [4.78, 5) is 12.2. The monoisotopic (exact) mass is 258 g/mol. The zero-order chi connectivity index (χ0) is 13.1. The minimum Gasteiger partial charge on any atom is -0.348 e. The molecular weight excluding hydrogens is 240 g/mol. The summed E-state index contributed by atoms with van der Waals surface area (Å²) < 4.78 is 27.7. The van der Waals surface area contributed by atoms with Crippen molar-refractivity contribution in [3.05, 3.63) is 0 Å². The van der Waals surface area contributed by atoms with Crippen LogP contribution in [0.25, 0.3) is 0 Å². The van der Waals surface area contributed by atoms with E-state index in [9.17, 15) is 4.79 Å². The van der Waals surface area contributed by atoms with Gasteiger partial charge in [0.05, 0.1) is 6.61 Å². The fraction of sp³-hybridized carbons (Fsp3) is 0.917. The minimum atomic E-state index is -0.776. The molecule has 1 unspecified atom stereocenters. The molecule has 3 rings (SSSR count). The van der Waals surface area contributed by atoms with Crippen LogP contribution in [0.2, 0.25) is 0 Å². The van der Waals surface area contributed by atoms with Gasteiger partial charge in [0.15, 0.2) is 35.9 Å². The van der Waals surface area contributed by atoms with Crippen LogP contribution < -0.4 is 0 Å². The Labute approximate surface area is 105 Å². The van der Waals surface area contributed by atoms with E-state index in [2.05, 4.69) is 0 Å². The highest BCUT2D eigenvalue weighted by Crippen LogP contribution is 2.38. The van der Waals surface area contributed by atoms with Gasteiger partial charge in [-0.1, -0.05) is 0 Å². The van der Waals surface area contributed by atoms with Crippen molar-refractivity contribution in [3.8, 4) is 0 Å². The number of ether oxygens (including phenoxy) is 5. The first-order chi connectivity index (χ1) is 8.27. The second-order valence-electron chi connectivity index (χ2n) is 5.75. The van der Waals surface area contributed by atoms with Gasteiger partial charge in [0, 0.05) is 0 Å². The third kappa shape index (κ3) is 1.98. The van der Waals surface area contributed by atoms with E-state index in [4.69, 9.17) is 23.7 Å². The van der Waals surface area contributed by atoms with Crippen molar-refractivity contribution in [3.63, 3.8) is 0 Å². The molecule has 3 heterocycles. The van der Waals surface area contributed by atoms with Gasteiger partial charge in [0.2, 0.25) is 0 Å². The molecule has 3 saturated heterocycles. The predicted octanol–water partition coefficient (Wildman–Crippen LogP) is 0.583. The van der Waals surface area contributed by atoms with Gasteiger partial charge in [-0.3, -0.25) is 4.79 Å². The molecule has 0 spiro atoms. The molecule has 0 radical (unpaired) electrons. The van der Waals surface area contributed by atoms with E-state index in [1.165, 1.54) is 0 Å². The van der Waals surface area contributed by atoms with Gasteiger partial charge >= 0.3 is 0 Å². The van der Waals surface area contributed by atoms with Crippen LogP contribution in [0.4, 0.5) is 0 Å². The van der Waals surface area contributed by atoms with Crippen LogP contribution in [-0.2, 0) is 28.5 Å². The summed E-state index contributed by atoms with van der Waals surface area (Å²) in [6.45, 7) is 7.48. The largest absolute Gasteiger partial charge is 0.348 e. The zero-order valence-electron chi connectivity index (χ0n) is 11.0. The molecule has 3 fully saturated rings. The maximum atomic E-state index is 12.2. The zero-order valence-corrected chi connectivity index (χ0v) is 11.0. The Balaban J connectivity index is 1.70. The lowest BCUT2D eigenvalue weighted by atomic mass is 10.1. The standard InChI is InChI=1S/C12H18O6/c1-11(2)14-5-6(16-11)8-7(13)9-10(15-8)18-12(3,4)17-9/h6,8-10H,5H2,1-4H3/t6-,8-,9?,10-/m1/s1. The Morgan fingerprint density at radius 3 is 2.28 bits per heavy atom. The number of fused-ring (bicyclic) bond motifs is 1. The number of hydrogen-bond donors (Lipinski definition) is 0. The minimum absolute atomic E-state index is 0.128. The normalized spacial score (nSPS) is 45.4. The van der Waals surface area contributed by atoms with E-state index in [1.807, 2.05) is 13.8 Å². The molecule has 0 bridgehead atoms. The van der Waals surface area contributed by atoms with E-state index >= 15 is 0 Å². The number of carbonyl (C=O) groups is 1. The maximum Gasteiger partial charge on any atom is 0.198 e. The Hall–Kier alpha value is -0.530. The van der Waals surface area contributed by atoms with Crippen molar-refractivity contribution in [1.82, 2.24) is 0 Å². The Bertz CT molecular complexity index is 377. The van der Waals surface area contributed by atoms with Crippen LogP contribution in [0.5, 0.6) is 0 Å². The van der Waals surface area contributed by atoms with Crippen LogP contribution in [0.1, 0.15) is 27.7 Å². The van der Waals surface area contributed by atoms with Crippen molar-refractivity contribution in [1.29, 1.82) is 0 Å². The smallest absolute Gasteiger partial charge is 0.198 e. The highest BCUT2D eigenvalue weighted by Gasteiger charge is 2.57. The fourth-order valence-corrected chi connectivity index (χ4v) is 2.53. The highest BCUT2D eigenvalue weighted by molar-refractivity contribution is 5.90. The maximum absolute atomic E-state index is 12.2. The van der Waals surface area contributed by atoms with Crippen LogP contribution in [-0.4, -0.2) is 48.6 Å². The molecule has 0 amide bonds. The SMILES string of the molecule is CC1(C)OC2C(=O)[C@@H]([C@H]3COC(C)(C)O3)O[C@@H]2O1. The molecule has 3 aliphatic rings. The summed E-state index contributed by atoms with van der Waals surface area (Å²) in [5.41, 5.74) is 0. The third-order valence-electron chi connectivity index (χ3n) is 3.27. The van der Waals surface area contributed by atoms with Gasteiger partial charge in [0.25, 0.3) is 0 Å². The second-order valence-corrected chi connectivity index (χ2v) is 5.75. The number of hydrogen-bond acceptors (Lipinski definition) is 6. The summed E-state index contributed by atoms with van der Waals surface area (Å²) >= 11 is 0. The quantitative estimate of drug-likeness (QED) is 0.685. The van der Waals surface area contributed by atoms with Crippen molar-refractivity contribution >= 4 is 5.78 Å². The summed E-state index contributed by atoms with van der Waals surface area (Å²) in [6, 6.07) is 0. The lowest BCUT2D eigenvalue weighted by Crippen LogP contribution is -2.39. The van der Waals surface area contributed by atoms with E-state index in [0.717, 1.165) is 0 Å². The van der Waals surface area contributed by atoms with Crippen molar-refractivity contribution in [2.75, 3.05) is 6.61 Å². The summed E-state index contributed by atoms with van der Waals surface area (Å²) in [5, 5.41) is 0. The summed E-state index contributed by atoms with van der Waals surface area (Å²) in [7, 11) is 0. The molecule has 0 saturated carbocycles. The predicted molar refractivity (Wildman–Crippen MR) is 58.6 cm³/mol. The molecule has 0 aromatic rings. The highest BCUT2D eigenvalue weighted by atomic mass is 16.8. The molecule has 0 N–H and O–H groups in total. The summed E-state index contributed by atoms with van der Waals surface area (Å²) in [6.07, 6.45) is -2.35. The van der Waals surface area contributed by atoms with E-state index < -0.39 is 36.2 Å². The Morgan fingerprint density at radius 2 is 1.72 bits per heavy atom. The molecule has 6 nitrogen and oxygen atoms in total. The Kier molecular flexibility index (Phi) is 2.60. The van der Waals surface area contributed by atoms with E-state index in [0.29, 0.717) is 6.61 Å². The van der Waals surface area contributed by atoms with Crippen LogP contribution >= 0.6 is 0 Å². The van der Waals surface area contributed by atoms with Crippen LogP contribution in [0.3, 0.4) is 0 Å². The second kappa shape index (κ2) is 3.74.